The Morgan fingerprint density at radius 1 is 1.15 bits per heavy atom. The molecule has 0 radical (unpaired) electrons. The maximum absolute atomic E-state index is 11.9. The number of fused-ring (bicyclic) bond motifs is 1. The molecule has 2 heterocycles. The van der Waals surface area contributed by atoms with Crippen LogP contribution in [0.25, 0.3) is 0 Å². The minimum Gasteiger partial charge on any atom is -0.356 e. The van der Waals surface area contributed by atoms with Gasteiger partial charge in [0.1, 0.15) is 0 Å². The summed E-state index contributed by atoms with van der Waals surface area (Å²) in [6.45, 7) is 2.41. The zero-order valence-corrected chi connectivity index (χ0v) is 16.8. The first-order valence-electron chi connectivity index (χ1n) is 9.82. The molecular weight excluding hydrogens is 366 g/mol. The van der Waals surface area contributed by atoms with Crippen LogP contribution in [0.1, 0.15) is 58.3 Å². The van der Waals surface area contributed by atoms with E-state index in [-0.39, 0.29) is 29.9 Å². The zero-order chi connectivity index (χ0) is 19.5. The van der Waals surface area contributed by atoms with Crippen molar-refractivity contribution in [1.29, 1.82) is 0 Å². The fourth-order valence-corrected chi connectivity index (χ4v) is 4.91. The molecule has 3 atom stereocenters. The smallest absolute Gasteiger partial charge is 0.315 e. The summed E-state index contributed by atoms with van der Waals surface area (Å²) in [5, 5.41) is 13.0. The SMILES string of the molecule is C/C=N/NC(=O)CCCCCNC(=O)CCCCC1SCC2NC(=O)NC21. The first kappa shape index (κ1) is 21.5. The van der Waals surface area contributed by atoms with Gasteiger partial charge in [0.2, 0.25) is 11.8 Å². The molecule has 2 saturated heterocycles. The van der Waals surface area contributed by atoms with Crippen molar-refractivity contribution in [3.63, 3.8) is 0 Å². The summed E-state index contributed by atoms with van der Waals surface area (Å²) in [5.41, 5.74) is 2.44. The second-order valence-corrected chi connectivity index (χ2v) is 8.22. The molecule has 0 bridgehead atoms. The van der Waals surface area contributed by atoms with Crippen LogP contribution in [0.15, 0.2) is 5.10 Å². The molecule has 9 heteroatoms. The minimum absolute atomic E-state index is 0.0511. The predicted octanol–water partition coefficient (Wildman–Crippen LogP) is 1.51. The number of unbranched alkanes of at least 4 members (excludes halogenated alkanes) is 3. The van der Waals surface area contributed by atoms with Crippen molar-refractivity contribution >= 4 is 35.8 Å². The van der Waals surface area contributed by atoms with Crippen molar-refractivity contribution in [2.75, 3.05) is 12.3 Å². The van der Waals surface area contributed by atoms with E-state index in [1.54, 1.807) is 13.1 Å². The molecule has 8 nitrogen and oxygen atoms in total. The third-order valence-corrected chi connectivity index (χ3v) is 6.31. The van der Waals surface area contributed by atoms with Crippen LogP contribution in [0.3, 0.4) is 0 Å². The number of thioether (sulfide) groups is 1. The molecule has 0 spiro atoms. The summed E-state index contributed by atoms with van der Waals surface area (Å²) in [7, 11) is 0. The van der Waals surface area contributed by atoms with Gasteiger partial charge in [0, 0.05) is 36.6 Å². The van der Waals surface area contributed by atoms with Crippen molar-refractivity contribution in [1.82, 2.24) is 21.4 Å². The summed E-state index contributed by atoms with van der Waals surface area (Å²) >= 11 is 1.91. The summed E-state index contributed by atoms with van der Waals surface area (Å²) in [6, 6.07) is 0.457. The molecule has 0 aromatic heterocycles. The largest absolute Gasteiger partial charge is 0.356 e. The van der Waals surface area contributed by atoms with E-state index in [1.807, 2.05) is 11.8 Å². The highest BCUT2D eigenvalue weighted by Gasteiger charge is 2.42. The number of nitrogens with one attached hydrogen (secondary N) is 4. The number of hydrogen-bond donors (Lipinski definition) is 4. The van der Waals surface area contributed by atoms with Crippen LogP contribution in [0.4, 0.5) is 4.79 Å². The van der Waals surface area contributed by atoms with Gasteiger partial charge in [0.25, 0.3) is 0 Å². The molecule has 152 valence electrons. The number of hydrazone groups is 1. The minimum atomic E-state index is -0.0724. The highest BCUT2D eigenvalue weighted by atomic mass is 32.2. The summed E-state index contributed by atoms with van der Waals surface area (Å²) in [5.74, 6) is 0.997. The van der Waals surface area contributed by atoms with Crippen molar-refractivity contribution in [2.24, 2.45) is 5.10 Å². The average Bonchev–Trinajstić information content (AvgIpc) is 3.19. The van der Waals surface area contributed by atoms with Crippen LogP contribution in [-0.4, -0.2) is 53.7 Å². The lowest BCUT2D eigenvalue weighted by atomic mass is 10.0. The Labute approximate surface area is 165 Å². The van der Waals surface area contributed by atoms with Gasteiger partial charge in [-0.05, 0) is 32.6 Å². The number of hydrogen-bond acceptors (Lipinski definition) is 5. The Morgan fingerprint density at radius 3 is 2.74 bits per heavy atom. The topological polar surface area (TPSA) is 112 Å². The van der Waals surface area contributed by atoms with Gasteiger partial charge < -0.3 is 16.0 Å². The van der Waals surface area contributed by atoms with E-state index in [9.17, 15) is 14.4 Å². The third-order valence-electron chi connectivity index (χ3n) is 4.80. The third kappa shape index (κ3) is 7.78. The normalized spacial score (nSPS) is 23.7. The number of amides is 4. The van der Waals surface area contributed by atoms with Gasteiger partial charge in [-0.3, -0.25) is 9.59 Å². The molecule has 2 aliphatic rings. The van der Waals surface area contributed by atoms with Gasteiger partial charge in [-0.25, -0.2) is 10.2 Å². The number of nitrogens with zero attached hydrogens (tertiary/aromatic N) is 1. The Morgan fingerprint density at radius 2 is 1.93 bits per heavy atom. The molecule has 2 fully saturated rings. The van der Waals surface area contributed by atoms with Gasteiger partial charge in [-0.15, -0.1) is 0 Å². The first-order chi connectivity index (χ1) is 13.1. The van der Waals surface area contributed by atoms with E-state index in [2.05, 4.69) is 26.5 Å². The van der Waals surface area contributed by atoms with Crippen LogP contribution in [0.2, 0.25) is 0 Å². The lowest BCUT2D eigenvalue weighted by molar-refractivity contribution is -0.122. The molecule has 0 saturated carbocycles. The van der Waals surface area contributed by atoms with Gasteiger partial charge in [-0.1, -0.05) is 12.8 Å². The second-order valence-electron chi connectivity index (χ2n) is 6.95. The average molecular weight is 398 g/mol. The Kier molecular flexibility index (Phi) is 9.44. The highest BCUT2D eigenvalue weighted by molar-refractivity contribution is 8.00. The predicted molar refractivity (Wildman–Crippen MR) is 108 cm³/mol. The monoisotopic (exact) mass is 397 g/mol. The van der Waals surface area contributed by atoms with Crippen molar-refractivity contribution in [3.8, 4) is 0 Å². The zero-order valence-electron chi connectivity index (χ0n) is 16.0. The Hall–Kier alpha value is -1.77. The van der Waals surface area contributed by atoms with Crippen molar-refractivity contribution in [3.05, 3.63) is 0 Å². The van der Waals surface area contributed by atoms with E-state index in [0.29, 0.717) is 24.6 Å². The van der Waals surface area contributed by atoms with E-state index < -0.39 is 0 Å². The van der Waals surface area contributed by atoms with Crippen LogP contribution in [0, 0.1) is 0 Å². The Balaban J connectivity index is 1.42. The number of carbonyl (C=O) groups is 3. The van der Waals surface area contributed by atoms with Crippen LogP contribution >= 0.6 is 11.8 Å². The molecule has 0 aromatic carbocycles. The molecule has 4 N–H and O–H groups in total. The number of rotatable bonds is 12. The van der Waals surface area contributed by atoms with Crippen molar-refractivity contribution in [2.45, 2.75) is 75.6 Å². The fraction of sp³-hybridized carbons (Fsp3) is 0.778. The highest BCUT2D eigenvalue weighted by Crippen LogP contribution is 2.33. The number of urea groups is 1. The molecular formula is C18H31N5O3S. The van der Waals surface area contributed by atoms with E-state index in [1.165, 1.54) is 0 Å². The summed E-state index contributed by atoms with van der Waals surface area (Å²) < 4.78 is 0. The molecule has 0 aromatic rings. The standard InChI is InChI=1S/C18H31N5O3S/c1-2-20-23-16(25)10-4-3-7-11-19-15(24)9-6-5-8-14-17-13(12-27-14)21-18(26)22-17/h2,13-14,17H,3-12H2,1H3,(H,19,24)(H,23,25)(H2,21,22,26)/b20-2+. The van der Waals surface area contributed by atoms with E-state index in [0.717, 1.165) is 44.3 Å². The molecule has 4 amide bonds. The van der Waals surface area contributed by atoms with Crippen LogP contribution in [0.5, 0.6) is 0 Å². The molecule has 27 heavy (non-hydrogen) atoms. The van der Waals surface area contributed by atoms with Gasteiger partial charge in [0.15, 0.2) is 0 Å². The molecule has 2 aliphatic heterocycles. The first-order valence-corrected chi connectivity index (χ1v) is 10.9. The molecule has 3 unspecified atom stereocenters. The maximum Gasteiger partial charge on any atom is 0.315 e. The van der Waals surface area contributed by atoms with Gasteiger partial charge >= 0.3 is 6.03 Å². The van der Waals surface area contributed by atoms with Crippen molar-refractivity contribution < 1.29 is 14.4 Å². The molecule has 2 rings (SSSR count). The van der Waals surface area contributed by atoms with Crippen LogP contribution in [-0.2, 0) is 9.59 Å². The fourth-order valence-electron chi connectivity index (χ4n) is 3.37. The Bertz CT molecular complexity index is 543. The lowest BCUT2D eigenvalue weighted by Gasteiger charge is -2.16. The summed E-state index contributed by atoms with van der Waals surface area (Å²) in [6.07, 6.45) is 8.05. The maximum atomic E-state index is 11.9. The lowest BCUT2D eigenvalue weighted by Crippen LogP contribution is -2.36. The van der Waals surface area contributed by atoms with E-state index >= 15 is 0 Å². The second kappa shape index (κ2) is 11.8. The van der Waals surface area contributed by atoms with Crippen LogP contribution < -0.4 is 21.4 Å². The van der Waals surface area contributed by atoms with Gasteiger partial charge in [-0.2, -0.15) is 16.9 Å². The van der Waals surface area contributed by atoms with Gasteiger partial charge in [0.05, 0.1) is 12.1 Å². The van der Waals surface area contributed by atoms with E-state index in [4.69, 9.17) is 0 Å². The number of carbonyl (C=O) groups excluding carboxylic acids is 3. The summed E-state index contributed by atoms with van der Waals surface area (Å²) in [4.78, 5) is 34.6. The quantitative estimate of drug-likeness (QED) is 0.173. The molecule has 0 aliphatic carbocycles.